The zero-order valence-electron chi connectivity index (χ0n) is 14.5. The Balaban J connectivity index is 1.82. The molecular weight excluding hydrogens is 372 g/mol. The molecule has 5 nitrogen and oxygen atoms in total. The van der Waals surface area contributed by atoms with E-state index in [1.807, 2.05) is 13.0 Å². The van der Waals surface area contributed by atoms with E-state index in [9.17, 15) is 13.2 Å². The minimum absolute atomic E-state index is 0.0791. The molecule has 0 aliphatic carbocycles. The number of nitrogens with one attached hydrogen (secondary N) is 1. The number of amides is 1. The summed E-state index contributed by atoms with van der Waals surface area (Å²) in [6.45, 7) is 2.58. The molecule has 1 saturated heterocycles. The van der Waals surface area contributed by atoms with E-state index in [0.717, 1.165) is 24.1 Å². The van der Waals surface area contributed by atoms with Crippen molar-refractivity contribution in [1.29, 1.82) is 0 Å². The molecule has 1 fully saturated rings. The smallest absolute Gasteiger partial charge is 0.236 e. The minimum atomic E-state index is -3.62. The van der Waals surface area contributed by atoms with Crippen LogP contribution in [0.3, 0.4) is 0 Å². The van der Waals surface area contributed by atoms with E-state index in [1.54, 1.807) is 41.3 Å². The van der Waals surface area contributed by atoms with Crippen molar-refractivity contribution < 1.29 is 13.2 Å². The number of rotatable bonds is 5. The number of carbonyl (C=O) groups is 1. The number of carbonyl (C=O) groups excluding carboxylic acids is 1. The summed E-state index contributed by atoms with van der Waals surface area (Å²) in [5, 5.41) is 0.418. The third-order valence-electron chi connectivity index (χ3n) is 4.40. The van der Waals surface area contributed by atoms with Gasteiger partial charge in [-0.15, -0.1) is 0 Å². The van der Waals surface area contributed by atoms with E-state index in [-0.39, 0.29) is 11.7 Å². The molecule has 2 aromatic rings. The van der Waals surface area contributed by atoms with Crippen molar-refractivity contribution in [3.8, 4) is 0 Å². The summed E-state index contributed by atoms with van der Waals surface area (Å²) in [5.41, 5.74) is 2.68. The first-order valence-electron chi connectivity index (χ1n) is 8.51. The first kappa shape index (κ1) is 18.7. The predicted molar refractivity (Wildman–Crippen MR) is 105 cm³/mol. The Labute approximate surface area is 159 Å². The van der Waals surface area contributed by atoms with Gasteiger partial charge in [0.05, 0.1) is 11.4 Å². The second-order valence-electron chi connectivity index (χ2n) is 6.46. The summed E-state index contributed by atoms with van der Waals surface area (Å²) >= 11 is 6.06. The second kappa shape index (κ2) is 7.68. The van der Waals surface area contributed by atoms with Crippen LogP contribution in [0.2, 0.25) is 5.02 Å². The molecule has 138 valence electrons. The topological polar surface area (TPSA) is 66.5 Å². The number of hydrogen-bond acceptors (Lipinski definition) is 3. The van der Waals surface area contributed by atoms with Crippen molar-refractivity contribution in [2.24, 2.45) is 0 Å². The van der Waals surface area contributed by atoms with Crippen LogP contribution in [-0.4, -0.2) is 20.9 Å². The van der Waals surface area contributed by atoms with Gasteiger partial charge in [-0.3, -0.25) is 9.52 Å². The number of nitrogens with zero attached hydrogens (tertiary/aromatic N) is 1. The maximum atomic E-state index is 12.5. The van der Waals surface area contributed by atoms with Crippen LogP contribution >= 0.6 is 11.6 Å². The minimum Gasteiger partial charge on any atom is -0.312 e. The van der Waals surface area contributed by atoms with Crippen molar-refractivity contribution in [1.82, 2.24) is 0 Å². The molecule has 0 atom stereocenters. The third kappa shape index (κ3) is 4.37. The summed E-state index contributed by atoms with van der Waals surface area (Å²) in [7, 11) is -3.62. The molecule has 1 aliphatic heterocycles. The molecule has 3 rings (SSSR count). The van der Waals surface area contributed by atoms with Gasteiger partial charge in [-0.05, 0) is 49.1 Å². The quantitative estimate of drug-likeness (QED) is 0.832. The summed E-state index contributed by atoms with van der Waals surface area (Å²) in [6, 6.07) is 12.1. The zero-order valence-corrected chi connectivity index (χ0v) is 16.1. The Morgan fingerprint density at radius 1 is 1.15 bits per heavy atom. The summed E-state index contributed by atoms with van der Waals surface area (Å²) in [6.07, 6.45) is 2.38. The number of aryl methyl sites for hydroxylation is 1. The van der Waals surface area contributed by atoms with Gasteiger partial charge in [0.2, 0.25) is 15.9 Å². The molecule has 0 radical (unpaired) electrons. The average Bonchev–Trinajstić information content (AvgIpc) is 2.59. The lowest BCUT2D eigenvalue weighted by atomic mass is 10.1. The highest BCUT2D eigenvalue weighted by atomic mass is 35.5. The number of piperidine rings is 1. The molecule has 0 saturated carbocycles. The van der Waals surface area contributed by atoms with Crippen molar-refractivity contribution in [3.05, 3.63) is 58.6 Å². The Morgan fingerprint density at radius 3 is 2.65 bits per heavy atom. The molecule has 0 aromatic heterocycles. The molecule has 0 spiro atoms. The van der Waals surface area contributed by atoms with Gasteiger partial charge in [-0.25, -0.2) is 8.42 Å². The molecule has 2 aromatic carbocycles. The molecule has 26 heavy (non-hydrogen) atoms. The van der Waals surface area contributed by atoms with Crippen LogP contribution in [0.1, 0.15) is 30.4 Å². The van der Waals surface area contributed by atoms with Crippen LogP contribution in [0.25, 0.3) is 0 Å². The van der Waals surface area contributed by atoms with Crippen molar-refractivity contribution in [2.75, 3.05) is 16.2 Å². The predicted octanol–water partition coefficient (Wildman–Crippen LogP) is 4.11. The van der Waals surface area contributed by atoms with Gasteiger partial charge in [0.15, 0.2) is 0 Å². The fourth-order valence-corrected chi connectivity index (χ4v) is 4.56. The zero-order chi connectivity index (χ0) is 18.7. The Kier molecular flexibility index (Phi) is 5.53. The molecule has 0 bridgehead atoms. The van der Waals surface area contributed by atoms with Gasteiger partial charge < -0.3 is 4.90 Å². The molecule has 1 N–H and O–H groups in total. The fraction of sp³-hybridized carbons (Fsp3) is 0.316. The van der Waals surface area contributed by atoms with E-state index in [2.05, 4.69) is 4.72 Å². The molecule has 1 amide bonds. The normalized spacial score (nSPS) is 15.2. The molecular formula is C19H21ClN2O3S. The Bertz CT molecular complexity index is 928. The maximum absolute atomic E-state index is 12.5. The highest BCUT2D eigenvalue weighted by Gasteiger charge is 2.22. The monoisotopic (exact) mass is 392 g/mol. The summed E-state index contributed by atoms with van der Waals surface area (Å²) in [5.74, 6) is -0.131. The Morgan fingerprint density at radius 2 is 1.92 bits per heavy atom. The lowest BCUT2D eigenvalue weighted by Gasteiger charge is -2.28. The number of sulfonamides is 1. The van der Waals surface area contributed by atoms with Crippen LogP contribution in [0.4, 0.5) is 11.4 Å². The maximum Gasteiger partial charge on any atom is 0.236 e. The molecule has 7 heteroatoms. The van der Waals surface area contributed by atoms with Crippen LogP contribution in [0, 0.1) is 6.92 Å². The standard InChI is InChI=1S/C19H21ClN2O3S/c1-14-9-10-16(12-18(14)22-11-5-4-8-19(22)23)21-26(24,25)13-15-6-2-3-7-17(15)20/h2-3,6-7,9-10,12,21H,4-5,8,11,13H2,1H3. The van der Waals surface area contributed by atoms with Gasteiger partial charge in [0.25, 0.3) is 0 Å². The van der Waals surface area contributed by atoms with Crippen molar-refractivity contribution in [3.63, 3.8) is 0 Å². The van der Waals surface area contributed by atoms with Gasteiger partial charge >= 0.3 is 0 Å². The SMILES string of the molecule is Cc1ccc(NS(=O)(=O)Cc2ccccc2Cl)cc1N1CCCCC1=O. The summed E-state index contributed by atoms with van der Waals surface area (Å²) < 4.78 is 27.6. The van der Waals surface area contributed by atoms with E-state index >= 15 is 0 Å². The van der Waals surface area contributed by atoms with E-state index in [0.29, 0.717) is 29.2 Å². The Hall–Kier alpha value is -2.05. The third-order valence-corrected chi connectivity index (χ3v) is 6.01. The molecule has 0 unspecified atom stereocenters. The first-order valence-corrected chi connectivity index (χ1v) is 10.5. The molecule has 1 aliphatic rings. The van der Waals surface area contributed by atoms with E-state index in [1.165, 1.54) is 0 Å². The van der Waals surface area contributed by atoms with Crippen molar-refractivity contribution >= 4 is 38.9 Å². The average molecular weight is 393 g/mol. The van der Waals surface area contributed by atoms with E-state index in [4.69, 9.17) is 11.6 Å². The lowest BCUT2D eigenvalue weighted by molar-refractivity contribution is -0.119. The van der Waals surface area contributed by atoms with Crippen LogP contribution in [0.5, 0.6) is 0 Å². The first-order chi connectivity index (χ1) is 12.4. The number of benzene rings is 2. The van der Waals surface area contributed by atoms with Crippen LogP contribution in [-0.2, 0) is 20.6 Å². The summed E-state index contributed by atoms with van der Waals surface area (Å²) in [4.78, 5) is 13.9. The van der Waals surface area contributed by atoms with Gasteiger partial charge in [0, 0.05) is 23.7 Å². The van der Waals surface area contributed by atoms with Gasteiger partial charge in [0.1, 0.15) is 0 Å². The largest absolute Gasteiger partial charge is 0.312 e. The number of halogens is 1. The fourth-order valence-electron chi connectivity index (χ4n) is 3.06. The highest BCUT2D eigenvalue weighted by Crippen LogP contribution is 2.28. The lowest BCUT2D eigenvalue weighted by Crippen LogP contribution is -2.35. The van der Waals surface area contributed by atoms with Gasteiger partial charge in [-0.1, -0.05) is 35.9 Å². The molecule has 1 heterocycles. The number of hydrogen-bond donors (Lipinski definition) is 1. The van der Waals surface area contributed by atoms with Crippen LogP contribution in [0.15, 0.2) is 42.5 Å². The van der Waals surface area contributed by atoms with Crippen molar-refractivity contribution in [2.45, 2.75) is 31.9 Å². The van der Waals surface area contributed by atoms with Gasteiger partial charge in [-0.2, -0.15) is 0 Å². The highest BCUT2D eigenvalue weighted by molar-refractivity contribution is 7.91. The van der Waals surface area contributed by atoms with E-state index < -0.39 is 10.0 Å². The van der Waals surface area contributed by atoms with Crippen LogP contribution < -0.4 is 9.62 Å². The second-order valence-corrected chi connectivity index (χ2v) is 8.59. The number of anilines is 2.